The molecule has 132 valence electrons. The van der Waals surface area contributed by atoms with Crippen LogP contribution in [0.3, 0.4) is 0 Å². The molecule has 0 saturated carbocycles. The number of carboxylic acids is 1. The molecular formula is C21H24O4. The summed E-state index contributed by atoms with van der Waals surface area (Å²) in [5.41, 5.74) is 2.97. The van der Waals surface area contributed by atoms with Gasteiger partial charge in [-0.25, -0.2) is 0 Å². The molecule has 4 nitrogen and oxygen atoms in total. The molecule has 2 aromatic rings. The maximum absolute atomic E-state index is 11.0. The molecule has 0 bridgehead atoms. The van der Waals surface area contributed by atoms with Crippen molar-refractivity contribution in [2.45, 2.75) is 44.5 Å². The zero-order valence-corrected chi connectivity index (χ0v) is 14.3. The minimum atomic E-state index is -0.826. The highest BCUT2D eigenvalue weighted by Gasteiger charge is 2.22. The Bertz CT molecular complexity index is 677. The maximum Gasteiger partial charge on any atom is 0.307 e. The molecule has 1 aliphatic rings. The topological polar surface area (TPSA) is 55.8 Å². The van der Waals surface area contributed by atoms with E-state index in [0.717, 1.165) is 43.4 Å². The summed E-state index contributed by atoms with van der Waals surface area (Å²) in [5.74, 6) is -0.826. The molecule has 25 heavy (non-hydrogen) atoms. The van der Waals surface area contributed by atoms with Crippen molar-refractivity contribution in [3.63, 3.8) is 0 Å². The first kappa shape index (κ1) is 17.6. The Kier molecular flexibility index (Phi) is 6.20. The average Bonchev–Trinajstić information content (AvgIpc) is 2.63. The summed E-state index contributed by atoms with van der Waals surface area (Å²) in [6, 6.07) is 17.9. The van der Waals surface area contributed by atoms with Gasteiger partial charge in [0.1, 0.15) is 0 Å². The smallest absolute Gasteiger partial charge is 0.307 e. The summed E-state index contributed by atoms with van der Waals surface area (Å²) in [6.07, 6.45) is 3.51. The van der Waals surface area contributed by atoms with Gasteiger partial charge in [0.05, 0.1) is 12.5 Å². The summed E-state index contributed by atoms with van der Waals surface area (Å²) in [4.78, 5) is 11.0. The predicted molar refractivity (Wildman–Crippen MR) is 95.3 cm³/mol. The molecule has 1 aliphatic heterocycles. The lowest BCUT2D eigenvalue weighted by molar-refractivity contribution is -0.189. The number of carboxylic acid groups (broad SMARTS) is 1. The van der Waals surface area contributed by atoms with Crippen LogP contribution in [0.1, 0.15) is 42.1 Å². The summed E-state index contributed by atoms with van der Waals surface area (Å²) in [5, 5.41) is 9.04. The van der Waals surface area contributed by atoms with E-state index < -0.39 is 5.97 Å². The van der Waals surface area contributed by atoms with Crippen LogP contribution in [0, 0.1) is 0 Å². The van der Waals surface area contributed by atoms with E-state index >= 15 is 0 Å². The van der Waals surface area contributed by atoms with Crippen LogP contribution in [0.15, 0.2) is 54.6 Å². The van der Waals surface area contributed by atoms with E-state index in [1.807, 2.05) is 42.5 Å². The van der Waals surface area contributed by atoms with Gasteiger partial charge in [-0.2, -0.15) is 0 Å². The Morgan fingerprint density at radius 1 is 1.12 bits per heavy atom. The Hall–Kier alpha value is -2.17. The van der Waals surface area contributed by atoms with E-state index in [4.69, 9.17) is 14.6 Å². The third-order valence-corrected chi connectivity index (χ3v) is 4.40. The lowest BCUT2D eigenvalue weighted by Gasteiger charge is -2.28. The summed E-state index contributed by atoms with van der Waals surface area (Å²) in [6.45, 7) is 0.738. The quantitative estimate of drug-likeness (QED) is 0.823. The van der Waals surface area contributed by atoms with E-state index in [1.165, 1.54) is 5.56 Å². The Balaban J connectivity index is 1.80. The Morgan fingerprint density at radius 3 is 2.64 bits per heavy atom. The molecule has 1 fully saturated rings. The molecule has 1 heterocycles. The highest BCUT2D eigenvalue weighted by Crippen LogP contribution is 2.28. The number of carbonyl (C=O) groups is 1. The van der Waals surface area contributed by atoms with Crippen molar-refractivity contribution < 1.29 is 19.4 Å². The van der Waals surface area contributed by atoms with Crippen molar-refractivity contribution in [2.24, 2.45) is 0 Å². The third kappa shape index (κ3) is 5.41. The van der Waals surface area contributed by atoms with Gasteiger partial charge in [0.2, 0.25) is 0 Å². The van der Waals surface area contributed by atoms with Crippen molar-refractivity contribution in [2.75, 3.05) is 6.61 Å². The van der Waals surface area contributed by atoms with Crippen molar-refractivity contribution in [1.82, 2.24) is 0 Å². The van der Waals surface area contributed by atoms with Gasteiger partial charge in [0.15, 0.2) is 6.29 Å². The number of hydrogen-bond acceptors (Lipinski definition) is 3. The maximum atomic E-state index is 11.0. The van der Waals surface area contributed by atoms with Gasteiger partial charge in [-0.15, -0.1) is 0 Å². The molecule has 3 rings (SSSR count). The van der Waals surface area contributed by atoms with Crippen molar-refractivity contribution in [3.05, 3.63) is 71.3 Å². The lowest BCUT2D eigenvalue weighted by Crippen LogP contribution is -2.25. The number of benzene rings is 2. The first-order valence-electron chi connectivity index (χ1n) is 8.82. The molecule has 1 saturated heterocycles. The molecular weight excluding hydrogens is 316 g/mol. The zero-order chi connectivity index (χ0) is 17.5. The SMILES string of the molecule is O=C(O)Cc1cccc(C(Cc2ccccc2)OC2CCCCO2)c1. The second-order valence-electron chi connectivity index (χ2n) is 6.43. The van der Waals surface area contributed by atoms with Crippen LogP contribution in [-0.4, -0.2) is 24.0 Å². The molecule has 1 N–H and O–H groups in total. The van der Waals surface area contributed by atoms with Gasteiger partial charge in [0, 0.05) is 13.0 Å². The first-order chi connectivity index (χ1) is 12.2. The highest BCUT2D eigenvalue weighted by atomic mass is 16.7. The lowest BCUT2D eigenvalue weighted by atomic mass is 9.98. The number of hydrogen-bond donors (Lipinski definition) is 1. The van der Waals surface area contributed by atoms with Crippen LogP contribution in [0.2, 0.25) is 0 Å². The molecule has 4 heteroatoms. The molecule has 2 unspecified atom stereocenters. The van der Waals surface area contributed by atoms with Gasteiger partial charge in [-0.05, 0) is 36.0 Å². The first-order valence-corrected chi connectivity index (χ1v) is 8.82. The molecule has 0 aromatic heterocycles. The number of aliphatic carboxylic acids is 1. The van der Waals surface area contributed by atoms with E-state index in [2.05, 4.69) is 12.1 Å². The van der Waals surface area contributed by atoms with Crippen LogP contribution < -0.4 is 0 Å². The number of rotatable bonds is 7. The standard InChI is InChI=1S/C21H24O4/c22-20(23)15-17-9-6-10-18(13-17)19(14-16-7-2-1-3-8-16)25-21-11-4-5-12-24-21/h1-3,6-10,13,19,21H,4-5,11-12,14-15H2,(H,22,23). The van der Waals surface area contributed by atoms with Crippen LogP contribution in [0.25, 0.3) is 0 Å². The Morgan fingerprint density at radius 2 is 1.92 bits per heavy atom. The van der Waals surface area contributed by atoms with E-state index in [0.29, 0.717) is 0 Å². The molecule has 2 aromatic carbocycles. The van der Waals surface area contributed by atoms with E-state index in [9.17, 15) is 4.79 Å². The van der Waals surface area contributed by atoms with Crippen LogP contribution >= 0.6 is 0 Å². The average molecular weight is 340 g/mol. The molecule has 0 amide bonds. The van der Waals surface area contributed by atoms with Gasteiger partial charge < -0.3 is 14.6 Å². The monoisotopic (exact) mass is 340 g/mol. The predicted octanol–water partition coefficient (Wildman–Crippen LogP) is 4.14. The van der Waals surface area contributed by atoms with Gasteiger partial charge in [-0.3, -0.25) is 4.79 Å². The molecule has 0 radical (unpaired) electrons. The molecule has 0 aliphatic carbocycles. The molecule has 0 spiro atoms. The van der Waals surface area contributed by atoms with Gasteiger partial charge in [0.25, 0.3) is 0 Å². The fraction of sp³-hybridized carbons (Fsp3) is 0.381. The largest absolute Gasteiger partial charge is 0.481 e. The third-order valence-electron chi connectivity index (χ3n) is 4.40. The van der Waals surface area contributed by atoms with Gasteiger partial charge >= 0.3 is 5.97 Å². The minimum Gasteiger partial charge on any atom is -0.481 e. The Labute approximate surface area is 148 Å². The second-order valence-corrected chi connectivity index (χ2v) is 6.43. The van der Waals surface area contributed by atoms with Crippen molar-refractivity contribution >= 4 is 5.97 Å². The minimum absolute atomic E-state index is 0.0197. The fourth-order valence-electron chi connectivity index (χ4n) is 3.15. The van der Waals surface area contributed by atoms with Crippen molar-refractivity contribution in [1.29, 1.82) is 0 Å². The zero-order valence-electron chi connectivity index (χ0n) is 14.3. The van der Waals surface area contributed by atoms with Crippen LogP contribution in [-0.2, 0) is 27.1 Å². The van der Waals surface area contributed by atoms with Gasteiger partial charge in [-0.1, -0.05) is 54.6 Å². The fourth-order valence-corrected chi connectivity index (χ4v) is 3.15. The van der Waals surface area contributed by atoms with E-state index in [1.54, 1.807) is 0 Å². The highest BCUT2D eigenvalue weighted by molar-refractivity contribution is 5.70. The van der Waals surface area contributed by atoms with Crippen LogP contribution in [0.5, 0.6) is 0 Å². The number of ether oxygens (including phenoxy) is 2. The second kappa shape index (κ2) is 8.79. The summed E-state index contributed by atoms with van der Waals surface area (Å²) in [7, 11) is 0. The normalized spacial score (nSPS) is 18.6. The summed E-state index contributed by atoms with van der Waals surface area (Å²) >= 11 is 0. The molecule has 2 atom stereocenters. The van der Waals surface area contributed by atoms with Crippen LogP contribution in [0.4, 0.5) is 0 Å². The van der Waals surface area contributed by atoms with Crippen molar-refractivity contribution in [3.8, 4) is 0 Å². The van der Waals surface area contributed by atoms with E-state index in [-0.39, 0.29) is 18.8 Å². The summed E-state index contributed by atoms with van der Waals surface area (Å²) < 4.78 is 12.0.